The number of primary amides is 1. The van der Waals surface area contributed by atoms with Crippen LogP contribution in [0.5, 0.6) is 0 Å². The minimum Gasteiger partial charge on any atom is -0.370 e. The Morgan fingerprint density at radius 3 is 2.68 bits per heavy atom. The van der Waals surface area contributed by atoms with Crippen molar-refractivity contribution in [3.05, 3.63) is 17.0 Å². The van der Waals surface area contributed by atoms with E-state index in [2.05, 4.69) is 9.97 Å². The highest BCUT2D eigenvalue weighted by Gasteiger charge is 2.38. The number of piperidine rings is 1. The molecule has 138 valence electrons. The second kappa shape index (κ2) is 7.17. The van der Waals surface area contributed by atoms with Crippen LogP contribution in [0.3, 0.4) is 0 Å². The molecule has 1 aromatic rings. The van der Waals surface area contributed by atoms with Crippen LogP contribution in [0.25, 0.3) is 0 Å². The summed E-state index contributed by atoms with van der Waals surface area (Å²) >= 11 is 0. The number of halogens is 3. The molecule has 8 heteroatoms. The Hall–Kier alpha value is -1.86. The van der Waals surface area contributed by atoms with E-state index < -0.39 is 11.9 Å². The molecule has 5 nitrogen and oxygen atoms in total. The number of fused-ring (bicyclic) bond motifs is 1. The first-order chi connectivity index (χ1) is 11.8. The average molecular weight is 356 g/mol. The van der Waals surface area contributed by atoms with E-state index >= 15 is 0 Å². The lowest BCUT2D eigenvalue weighted by Gasteiger charge is -2.33. The van der Waals surface area contributed by atoms with Gasteiger partial charge in [-0.25, -0.2) is 9.97 Å². The minimum absolute atomic E-state index is 0.178. The van der Waals surface area contributed by atoms with Crippen LogP contribution in [0.4, 0.5) is 19.1 Å². The first-order valence-electron chi connectivity index (χ1n) is 8.85. The molecular formula is C17H23F3N4O. The number of anilines is 1. The minimum atomic E-state index is -4.46. The Morgan fingerprint density at radius 2 is 1.96 bits per heavy atom. The molecule has 2 aliphatic rings. The Labute approximate surface area is 144 Å². The third-order valence-corrected chi connectivity index (χ3v) is 5.04. The summed E-state index contributed by atoms with van der Waals surface area (Å²) in [4.78, 5) is 21.2. The highest BCUT2D eigenvalue weighted by atomic mass is 19.4. The van der Waals surface area contributed by atoms with Crippen molar-refractivity contribution in [2.24, 2.45) is 11.7 Å². The molecule has 0 unspecified atom stereocenters. The van der Waals surface area contributed by atoms with Gasteiger partial charge in [-0.3, -0.25) is 4.79 Å². The van der Waals surface area contributed by atoms with Gasteiger partial charge < -0.3 is 10.6 Å². The van der Waals surface area contributed by atoms with Gasteiger partial charge in [0, 0.05) is 30.8 Å². The van der Waals surface area contributed by atoms with E-state index in [-0.39, 0.29) is 23.3 Å². The number of nitrogens with zero attached hydrogens (tertiary/aromatic N) is 3. The van der Waals surface area contributed by atoms with Crippen LogP contribution in [0.1, 0.15) is 55.5 Å². The molecule has 1 aliphatic carbocycles. The van der Waals surface area contributed by atoms with Gasteiger partial charge in [0.05, 0.1) is 0 Å². The smallest absolute Gasteiger partial charge is 0.370 e. The van der Waals surface area contributed by atoms with Gasteiger partial charge in [-0.1, -0.05) is 0 Å². The van der Waals surface area contributed by atoms with E-state index in [0.717, 1.165) is 25.7 Å². The van der Waals surface area contributed by atoms with Crippen LogP contribution < -0.4 is 10.6 Å². The van der Waals surface area contributed by atoms with Crippen LogP contribution in [0, 0.1) is 5.92 Å². The van der Waals surface area contributed by atoms with Crippen LogP contribution >= 0.6 is 0 Å². The molecule has 25 heavy (non-hydrogen) atoms. The third kappa shape index (κ3) is 4.22. The number of aromatic nitrogens is 2. The molecule has 1 aromatic heterocycles. The predicted molar refractivity (Wildman–Crippen MR) is 87.0 cm³/mol. The number of amides is 1. The standard InChI is InChI=1S/C17H23F3N4O/c18-17(19,20)15-12-5-1-2-6-13(12)22-16(23-15)24-9-3-4-11(10-24)7-8-14(21)25/h11H,1-10H2,(H2,21,25)/t11-/m1/s1. The van der Waals surface area contributed by atoms with Gasteiger partial charge in [0.25, 0.3) is 0 Å². The van der Waals surface area contributed by atoms with Gasteiger partial charge in [-0.15, -0.1) is 0 Å². The first-order valence-corrected chi connectivity index (χ1v) is 8.85. The van der Waals surface area contributed by atoms with Gasteiger partial charge in [0.2, 0.25) is 11.9 Å². The highest BCUT2D eigenvalue weighted by molar-refractivity contribution is 5.73. The Morgan fingerprint density at radius 1 is 1.20 bits per heavy atom. The van der Waals surface area contributed by atoms with E-state index in [1.807, 2.05) is 4.90 Å². The quantitative estimate of drug-likeness (QED) is 0.900. The van der Waals surface area contributed by atoms with Gasteiger partial charge in [0.15, 0.2) is 5.69 Å². The Bertz CT molecular complexity index is 648. The van der Waals surface area contributed by atoms with Crippen molar-refractivity contribution in [3.63, 3.8) is 0 Å². The summed E-state index contributed by atoms with van der Waals surface area (Å²) in [6.45, 7) is 1.21. The summed E-state index contributed by atoms with van der Waals surface area (Å²) in [5, 5.41) is 0. The molecule has 1 atom stereocenters. The molecule has 2 heterocycles. The predicted octanol–water partition coefficient (Wildman–Crippen LogP) is 2.86. The van der Waals surface area contributed by atoms with E-state index in [1.54, 1.807) is 0 Å². The van der Waals surface area contributed by atoms with Gasteiger partial charge >= 0.3 is 6.18 Å². The van der Waals surface area contributed by atoms with Crippen molar-refractivity contribution in [3.8, 4) is 0 Å². The zero-order valence-corrected chi connectivity index (χ0v) is 14.1. The SMILES string of the molecule is NC(=O)CC[C@H]1CCCN(c2nc3c(c(C(F)(F)F)n2)CCCC3)C1. The summed E-state index contributed by atoms with van der Waals surface area (Å²) in [6.07, 6.45) is 0.880. The monoisotopic (exact) mass is 356 g/mol. The molecule has 0 saturated carbocycles. The zero-order chi connectivity index (χ0) is 18.0. The number of alkyl halides is 3. The maximum absolute atomic E-state index is 13.4. The molecule has 3 rings (SSSR count). The lowest BCUT2D eigenvalue weighted by molar-refractivity contribution is -0.142. The number of hydrogen-bond acceptors (Lipinski definition) is 4. The van der Waals surface area contributed by atoms with Crippen molar-refractivity contribution >= 4 is 11.9 Å². The number of carbonyl (C=O) groups is 1. The number of carbonyl (C=O) groups excluding carboxylic acids is 1. The summed E-state index contributed by atoms with van der Waals surface area (Å²) in [7, 11) is 0. The zero-order valence-electron chi connectivity index (χ0n) is 14.1. The summed E-state index contributed by atoms with van der Waals surface area (Å²) in [5.41, 5.74) is 5.24. The molecule has 2 N–H and O–H groups in total. The highest BCUT2D eigenvalue weighted by Crippen LogP contribution is 2.36. The molecule has 0 bridgehead atoms. The molecule has 1 saturated heterocycles. The topological polar surface area (TPSA) is 72.1 Å². The molecule has 1 amide bonds. The molecular weight excluding hydrogens is 333 g/mol. The van der Waals surface area contributed by atoms with Crippen LogP contribution in [0.2, 0.25) is 0 Å². The normalized spacial score (nSPS) is 21.1. The van der Waals surface area contributed by atoms with Crippen molar-refractivity contribution in [1.29, 1.82) is 0 Å². The van der Waals surface area contributed by atoms with Gasteiger partial charge in [-0.2, -0.15) is 13.2 Å². The summed E-state index contributed by atoms with van der Waals surface area (Å²) in [6, 6.07) is 0. The average Bonchev–Trinajstić information content (AvgIpc) is 2.58. The summed E-state index contributed by atoms with van der Waals surface area (Å²) in [5.74, 6) is 0.0634. The largest absolute Gasteiger partial charge is 0.433 e. The Kier molecular flexibility index (Phi) is 5.15. The van der Waals surface area contributed by atoms with Crippen molar-refractivity contribution < 1.29 is 18.0 Å². The molecule has 0 aromatic carbocycles. The van der Waals surface area contributed by atoms with E-state index in [9.17, 15) is 18.0 Å². The maximum atomic E-state index is 13.4. The van der Waals surface area contributed by atoms with Crippen LogP contribution in [-0.4, -0.2) is 29.0 Å². The van der Waals surface area contributed by atoms with Crippen molar-refractivity contribution in [2.45, 2.75) is 57.5 Å². The van der Waals surface area contributed by atoms with Crippen molar-refractivity contribution in [2.75, 3.05) is 18.0 Å². The fraction of sp³-hybridized carbons (Fsp3) is 0.706. The van der Waals surface area contributed by atoms with Crippen LogP contribution in [0.15, 0.2) is 0 Å². The Balaban J connectivity index is 1.85. The summed E-state index contributed by atoms with van der Waals surface area (Å²) < 4.78 is 40.3. The second-order valence-corrected chi connectivity index (χ2v) is 6.96. The number of aryl methyl sites for hydroxylation is 1. The van der Waals surface area contributed by atoms with Crippen molar-refractivity contribution in [1.82, 2.24) is 9.97 Å². The lowest BCUT2D eigenvalue weighted by Crippen LogP contribution is -2.38. The molecule has 0 spiro atoms. The molecule has 1 fully saturated rings. The second-order valence-electron chi connectivity index (χ2n) is 6.96. The number of nitrogens with two attached hydrogens (primary N) is 1. The molecule has 1 aliphatic heterocycles. The third-order valence-electron chi connectivity index (χ3n) is 5.04. The van der Waals surface area contributed by atoms with E-state index in [4.69, 9.17) is 5.73 Å². The van der Waals surface area contributed by atoms with Crippen LogP contribution in [-0.2, 0) is 23.8 Å². The number of hydrogen-bond donors (Lipinski definition) is 1. The van der Waals surface area contributed by atoms with Gasteiger partial charge in [-0.05, 0) is 50.9 Å². The van der Waals surface area contributed by atoms with Gasteiger partial charge in [0.1, 0.15) is 0 Å². The number of rotatable bonds is 4. The fourth-order valence-corrected chi connectivity index (χ4v) is 3.79. The maximum Gasteiger partial charge on any atom is 0.433 e. The van der Waals surface area contributed by atoms with E-state index in [1.165, 1.54) is 0 Å². The fourth-order valence-electron chi connectivity index (χ4n) is 3.79. The van der Waals surface area contributed by atoms with E-state index in [0.29, 0.717) is 44.5 Å². The first kappa shape index (κ1) is 17.9. The molecule has 0 radical (unpaired) electrons. The lowest BCUT2D eigenvalue weighted by atomic mass is 9.93.